The number of nitrogens with zero attached hydrogens (tertiary/aromatic N) is 5. The Hall–Kier alpha value is -5.51. The van der Waals surface area contributed by atoms with Gasteiger partial charge in [0.1, 0.15) is 11.9 Å². The normalized spacial score (nSPS) is 17.0. The summed E-state index contributed by atoms with van der Waals surface area (Å²) < 4.78 is 46.5. The van der Waals surface area contributed by atoms with Crippen molar-refractivity contribution < 1.29 is 37.1 Å². The summed E-state index contributed by atoms with van der Waals surface area (Å²) in [5, 5.41) is 5.86. The number of pyridine rings is 1. The smallest absolute Gasteiger partial charge is 0.385 e. The van der Waals surface area contributed by atoms with Crippen molar-refractivity contribution in [1.82, 2.24) is 29.2 Å². The topological polar surface area (TPSA) is 148 Å². The molecular formula is C49H62F3N7O6. The van der Waals surface area contributed by atoms with Gasteiger partial charge < -0.3 is 24.3 Å². The first-order chi connectivity index (χ1) is 31.3. The average Bonchev–Trinajstić information content (AvgIpc) is 3.81. The van der Waals surface area contributed by atoms with Crippen LogP contribution >= 0.6 is 0 Å². The maximum atomic E-state index is 13.2. The molecule has 0 spiro atoms. The molecule has 2 N–H and O–H groups in total. The summed E-state index contributed by atoms with van der Waals surface area (Å²) in [7, 11) is 1.69. The van der Waals surface area contributed by atoms with Gasteiger partial charge in [0.2, 0.25) is 17.7 Å². The highest BCUT2D eigenvalue weighted by atomic mass is 19.4. The highest BCUT2D eigenvalue weighted by Gasteiger charge is 2.40. The van der Waals surface area contributed by atoms with E-state index in [0.29, 0.717) is 73.3 Å². The number of rotatable bonds is 21. The maximum absolute atomic E-state index is 13.2. The van der Waals surface area contributed by atoms with E-state index in [1.54, 1.807) is 31.1 Å². The van der Waals surface area contributed by atoms with Crippen molar-refractivity contribution in [1.29, 1.82) is 0 Å². The van der Waals surface area contributed by atoms with Crippen LogP contribution in [0.4, 0.5) is 18.9 Å². The molecule has 65 heavy (non-hydrogen) atoms. The van der Waals surface area contributed by atoms with Crippen molar-refractivity contribution in [2.45, 2.75) is 141 Å². The molecule has 5 heterocycles. The zero-order valence-corrected chi connectivity index (χ0v) is 37.6. The number of aryl methyl sites for hydroxylation is 2. The number of imidazole rings is 1. The zero-order chi connectivity index (χ0) is 46.1. The Morgan fingerprint density at radius 2 is 1.57 bits per heavy atom. The van der Waals surface area contributed by atoms with E-state index in [0.717, 1.165) is 67.4 Å². The Morgan fingerprint density at radius 3 is 2.25 bits per heavy atom. The number of piperidine rings is 2. The third kappa shape index (κ3) is 12.0. The Morgan fingerprint density at radius 1 is 0.877 bits per heavy atom. The quantitative estimate of drug-likeness (QED) is 0.0625. The number of ether oxygens (including phenoxy) is 1. The van der Waals surface area contributed by atoms with Gasteiger partial charge in [-0.1, -0.05) is 69.9 Å². The van der Waals surface area contributed by atoms with Crippen molar-refractivity contribution in [3.05, 3.63) is 81.5 Å². The lowest BCUT2D eigenvalue weighted by molar-refractivity contribution is -0.325. The van der Waals surface area contributed by atoms with Crippen molar-refractivity contribution in [2.24, 2.45) is 7.05 Å². The lowest BCUT2D eigenvalue weighted by atomic mass is 9.95. The SMILES string of the molecule is Cc1cc(-c2ccc3nc(C4CCN(C(=O)CCCCCCCCCCCCCNc5cccc6c5CN(C5CCC(=O)NC5=O)C6=O)CC4)n(CCOC(F)(F)F)c3c2)cn(C)c1=O. The van der Waals surface area contributed by atoms with Crippen LogP contribution in [0.1, 0.15) is 136 Å². The van der Waals surface area contributed by atoms with Crippen LogP contribution in [0, 0.1) is 6.92 Å². The summed E-state index contributed by atoms with van der Waals surface area (Å²) in [6.07, 6.45) is 11.7. The number of fused-ring (bicyclic) bond motifs is 2. The van der Waals surface area contributed by atoms with Crippen molar-refractivity contribution in [2.75, 3.05) is 31.6 Å². The monoisotopic (exact) mass is 901 g/mol. The van der Waals surface area contributed by atoms with Gasteiger partial charge in [0, 0.05) is 87.1 Å². The van der Waals surface area contributed by atoms with Crippen LogP contribution in [0.2, 0.25) is 0 Å². The minimum atomic E-state index is -4.74. The molecule has 1 unspecified atom stereocenters. The molecule has 1 atom stereocenters. The highest BCUT2D eigenvalue weighted by Crippen LogP contribution is 2.34. The van der Waals surface area contributed by atoms with E-state index >= 15 is 0 Å². The first kappa shape index (κ1) is 47.5. The molecule has 2 saturated heterocycles. The van der Waals surface area contributed by atoms with Gasteiger partial charge in [-0.05, 0) is 80.5 Å². The van der Waals surface area contributed by atoms with Gasteiger partial charge in [0.25, 0.3) is 11.5 Å². The molecule has 16 heteroatoms. The van der Waals surface area contributed by atoms with Gasteiger partial charge in [-0.2, -0.15) is 0 Å². The van der Waals surface area contributed by atoms with Crippen LogP contribution in [0.25, 0.3) is 22.2 Å². The molecule has 2 aromatic heterocycles. The number of nitrogens with one attached hydrogen (secondary N) is 2. The van der Waals surface area contributed by atoms with Crippen molar-refractivity contribution in [3.63, 3.8) is 0 Å². The third-order valence-corrected chi connectivity index (χ3v) is 13.2. The average molecular weight is 902 g/mol. The van der Waals surface area contributed by atoms with Crippen molar-refractivity contribution >= 4 is 40.3 Å². The second-order valence-electron chi connectivity index (χ2n) is 17.9. The van der Waals surface area contributed by atoms with E-state index < -0.39 is 24.9 Å². The molecule has 7 rings (SSSR count). The van der Waals surface area contributed by atoms with Gasteiger partial charge in [0.15, 0.2) is 0 Å². The standard InChI is InChI=1S/C49H62F3N7O6/c1-33-29-36(31-56(2)47(33)63)35-18-19-40-42(30-35)58(27-28-65-49(50,51)52)45(54-40)34-22-25-57(26-23-34)44(61)17-12-10-8-6-4-3-5-7-9-11-13-24-53-39-16-14-15-37-38(39)32-59(48(37)64)41-20-21-43(60)55-46(41)62/h14-16,18-19,29-31,34,41,53H,3-13,17,20-28,32H2,1-2H3,(H,55,60,62). The Labute approximate surface area is 378 Å². The highest BCUT2D eigenvalue weighted by molar-refractivity contribution is 6.06. The first-order valence-electron chi connectivity index (χ1n) is 23.4. The second kappa shape index (κ2) is 21.7. The number of amides is 4. The van der Waals surface area contributed by atoms with E-state index in [9.17, 15) is 37.1 Å². The van der Waals surface area contributed by atoms with Gasteiger partial charge in [0.05, 0.1) is 17.6 Å². The Bertz CT molecular complexity index is 2380. The lowest BCUT2D eigenvalue weighted by Gasteiger charge is -2.32. The molecule has 4 aromatic rings. The van der Waals surface area contributed by atoms with Crippen molar-refractivity contribution in [3.8, 4) is 11.1 Å². The number of anilines is 1. The number of carbonyl (C=O) groups excluding carboxylic acids is 4. The zero-order valence-electron chi connectivity index (χ0n) is 37.6. The summed E-state index contributed by atoms with van der Waals surface area (Å²) in [4.78, 5) is 70.9. The first-order valence-corrected chi connectivity index (χ1v) is 23.4. The van der Waals surface area contributed by atoms with Gasteiger partial charge in [-0.25, -0.2) is 4.98 Å². The summed E-state index contributed by atoms with van der Waals surface area (Å²) in [6, 6.07) is 12.5. The summed E-state index contributed by atoms with van der Waals surface area (Å²) in [5.41, 5.74) is 5.98. The molecule has 0 aliphatic carbocycles. The number of halogens is 3. The molecular weight excluding hydrogens is 840 g/mol. The minimum absolute atomic E-state index is 0.0181. The van der Waals surface area contributed by atoms with Crippen LogP contribution in [-0.4, -0.2) is 86.2 Å². The number of hydrogen-bond acceptors (Lipinski definition) is 8. The lowest BCUT2D eigenvalue weighted by Crippen LogP contribution is -2.52. The minimum Gasteiger partial charge on any atom is -0.385 e. The molecule has 2 fully saturated rings. The molecule has 0 saturated carbocycles. The predicted molar refractivity (Wildman–Crippen MR) is 242 cm³/mol. The molecule has 0 radical (unpaired) electrons. The number of benzene rings is 2. The fraction of sp³-hybridized carbons (Fsp3) is 0.551. The van der Waals surface area contributed by atoms with Crippen LogP contribution in [0.3, 0.4) is 0 Å². The summed E-state index contributed by atoms with van der Waals surface area (Å²) >= 11 is 0. The number of carbonyl (C=O) groups is 4. The molecule has 350 valence electrons. The van der Waals surface area contributed by atoms with Crippen LogP contribution in [0.5, 0.6) is 0 Å². The van der Waals surface area contributed by atoms with E-state index in [1.165, 1.54) is 36.7 Å². The second-order valence-corrected chi connectivity index (χ2v) is 17.9. The predicted octanol–water partition coefficient (Wildman–Crippen LogP) is 8.51. The molecule has 3 aliphatic rings. The van der Waals surface area contributed by atoms with Gasteiger partial charge >= 0.3 is 6.36 Å². The van der Waals surface area contributed by atoms with Crippen LogP contribution < -0.4 is 16.2 Å². The maximum Gasteiger partial charge on any atom is 0.522 e. The molecule has 3 aliphatic heterocycles. The fourth-order valence-corrected chi connectivity index (χ4v) is 9.67. The number of likely N-dealkylation sites (tertiary alicyclic amines) is 1. The van der Waals surface area contributed by atoms with E-state index in [4.69, 9.17) is 4.98 Å². The van der Waals surface area contributed by atoms with Gasteiger partial charge in [-0.3, -0.25) is 34.0 Å². The Kier molecular flexibility index (Phi) is 15.8. The Balaban J connectivity index is 0.758. The van der Waals surface area contributed by atoms with Crippen LogP contribution in [-0.2, 0) is 39.3 Å². The summed E-state index contributed by atoms with van der Waals surface area (Å²) in [5.74, 6) is -0.0147. The van der Waals surface area contributed by atoms with E-state index in [-0.39, 0.29) is 42.2 Å². The van der Waals surface area contributed by atoms with Crippen LogP contribution in [0.15, 0.2) is 53.5 Å². The molecule has 0 bridgehead atoms. The van der Waals surface area contributed by atoms with Gasteiger partial charge in [-0.15, -0.1) is 13.2 Å². The largest absolute Gasteiger partial charge is 0.522 e. The number of alkyl halides is 3. The fourth-order valence-electron chi connectivity index (χ4n) is 9.67. The number of hydrogen-bond donors (Lipinski definition) is 2. The van der Waals surface area contributed by atoms with E-state index in [2.05, 4.69) is 15.4 Å². The summed E-state index contributed by atoms with van der Waals surface area (Å²) in [6.45, 7) is 3.50. The molecule has 4 amide bonds. The molecule has 2 aromatic carbocycles. The van der Waals surface area contributed by atoms with E-state index in [1.807, 2.05) is 45.9 Å². The number of aromatic nitrogens is 3. The number of imide groups is 1. The number of unbranched alkanes of at least 4 members (excludes halogenated alkanes) is 10. The molecule has 13 nitrogen and oxygen atoms in total. The third-order valence-electron chi connectivity index (χ3n) is 13.2.